The third-order valence-corrected chi connectivity index (χ3v) is 4.76. The highest BCUT2D eigenvalue weighted by atomic mass is 16.5. The normalized spacial score (nSPS) is 15.5. The minimum atomic E-state index is -0.165. The zero-order valence-electron chi connectivity index (χ0n) is 15.8. The van der Waals surface area contributed by atoms with Gasteiger partial charge in [0, 0.05) is 24.0 Å². The van der Waals surface area contributed by atoms with Gasteiger partial charge < -0.3 is 9.47 Å². The van der Waals surface area contributed by atoms with Crippen LogP contribution in [0.4, 0.5) is 5.82 Å². The first-order chi connectivity index (χ1) is 13.7. The largest absolute Gasteiger partial charge is 0.493 e. The van der Waals surface area contributed by atoms with Gasteiger partial charge in [-0.1, -0.05) is 6.92 Å². The fourth-order valence-electron chi connectivity index (χ4n) is 3.46. The number of ether oxygens (including phenoxy) is 2. The summed E-state index contributed by atoms with van der Waals surface area (Å²) in [5.41, 5.74) is 2.03. The maximum atomic E-state index is 13.2. The van der Waals surface area contributed by atoms with E-state index in [-0.39, 0.29) is 11.9 Å². The standard InChI is InChI=1S/C20H19N5O3/c1-4-15-12-8-16(27-2)17(28-3)9-13(12)20(26)25(15)18-10-14(23-11-24-18)19-21-6-5-7-22-19/h5-11,15H,4H2,1-3H3/t15-/m1/s1. The Balaban J connectivity index is 1.79. The van der Waals surface area contributed by atoms with Crippen LogP contribution in [0.1, 0.15) is 35.3 Å². The van der Waals surface area contributed by atoms with E-state index >= 15 is 0 Å². The van der Waals surface area contributed by atoms with E-state index in [4.69, 9.17) is 9.47 Å². The summed E-state index contributed by atoms with van der Waals surface area (Å²) < 4.78 is 10.8. The lowest BCUT2D eigenvalue weighted by atomic mass is 10.0. The van der Waals surface area contributed by atoms with Crippen molar-refractivity contribution in [1.29, 1.82) is 0 Å². The molecule has 4 rings (SSSR count). The van der Waals surface area contributed by atoms with Crippen LogP contribution in [0, 0.1) is 0 Å². The number of rotatable bonds is 5. The molecule has 142 valence electrons. The first-order valence-electron chi connectivity index (χ1n) is 8.86. The Labute approximate surface area is 162 Å². The number of methoxy groups -OCH3 is 2. The molecule has 0 saturated heterocycles. The molecule has 1 aromatic carbocycles. The molecule has 0 bridgehead atoms. The Morgan fingerprint density at radius 1 is 1.00 bits per heavy atom. The molecule has 1 aliphatic heterocycles. The number of carbonyl (C=O) groups excluding carboxylic acids is 1. The lowest BCUT2D eigenvalue weighted by molar-refractivity contribution is 0.0989. The Morgan fingerprint density at radius 2 is 1.71 bits per heavy atom. The molecule has 0 fully saturated rings. The molecule has 1 atom stereocenters. The Hall–Kier alpha value is -3.55. The minimum Gasteiger partial charge on any atom is -0.493 e. The van der Waals surface area contributed by atoms with E-state index < -0.39 is 0 Å². The number of anilines is 1. The average Bonchev–Trinajstić information content (AvgIpc) is 3.04. The molecular weight excluding hydrogens is 358 g/mol. The molecule has 0 saturated carbocycles. The monoisotopic (exact) mass is 377 g/mol. The summed E-state index contributed by atoms with van der Waals surface area (Å²) in [6, 6.07) is 6.89. The molecule has 3 aromatic rings. The highest BCUT2D eigenvalue weighted by Crippen LogP contribution is 2.43. The summed E-state index contributed by atoms with van der Waals surface area (Å²) in [5, 5.41) is 0. The van der Waals surface area contributed by atoms with Crippen LogP contribution in [0.15, 0.2) is 43.0 Å². The maximum Gasteiger partial charge on any atom is 0.260 e. The molecule has 0 N–H and O–H groups in total. The predicted molar refractivity (Wildman–Crippen MR) is 102 cm³/mol. The molecule has 1 amide bonds. The van der Waals surface area contributed by atoms with Gasteiger partial charge in [-0.05, 0) is 30.2 Å². The third-order valence-electron chi connectivity index (χ3n) is 4.76. The van der Waals surface area contributed by atoms with Gasteiger partial charge in [0.1, 0.15) is 17.8 Å². The average molecular weight is 377 g/mol. The van der Waals surface area contributed by atoms with E-state index in [9.17, 15) is 4.79 Å². The lowest BCUT2D eigenvalue weighted by Crippen LogP contribution is -2.28. The van der Waals surface area contributed by atoms with Gasteiger partial charge in [-0.3, -0.25) is 9.69 Å². The Kier molecular flexibility index (Phi) is 4.60. The predicted octanol–water partition coefficient (Wildman–Crippen LogP) is 3.06. The van der Waals surface area contributed by atoms with Crippen LogP contribution in [0.5, 0.6) is 11.5 Å². The van der Waals surface area contributed by atoms with E-state index in [2.05, 4.69) is 19.9 Å². The molecule has 8 heteroatoms. The van der Waals surface area contributed by atoms with E-state index in [1.54, 1.807) is 49.7 Å². The second-order valence-corrected chi connectivity index (χ2v) is 6.23. The third kappa shape index (κ3) is 2.83. The molecule has 0 radical (unpaired) electrons. The van der Waals surface area contributed by atoms with Crippen molar-refractivity contribution in [2.75, 3.05) is 19.1 Å². The number of amides is 1. The van der Waals surface area contributed by atoms with Crippen molar-refractivity contribution < 1.29 is 14.3 Å². The zero-order valence-corrected chi connectivity index (χ0v) is 15.8. The van der Waals surface area contributed by atoms with Gasteiger partial charge in [-0.25, -0.2) is 19.9 Å². The topological polar surface area (TPSA) is 90.3 Å². The summed E-state index contributed by atoms with van der Waals surface area (Å²) in [7, 11) is 3.13. The van der Waals surface area contributed by atoms with Crippen LogP contribution in [-0.4, -0.2) is 40.1 Å². The fourth-order valence-corrected chi connectivity index (χ4v) is 3.46. The smallest absolute Gasteiger partial charge is 0.260 e. The SMILES string of the molecule is CC[C@@H]1c2cc(OC)c(OC)cc2C(=O)N1c1cc(-c2ncccn2)ncn1. The molecule has 28 heavy (non-hydrogen) atoms. The van der Waals surface area contributed by atoms with Crippen LogP contribution in [0.2, 0.25) is 0 Å². The van der Waals surface area contributed by atoms with Crippen molar-refractivity contribution in [2.24, 2.45) is 0 Å². The number of hydrogen-bond donors (Lipinski definition) is 0. The van der Waals surface area contributed by atoms with Crippen molar-refractivity contribution in [3.63, 3.8) is 0 Å². The van der Waals surface area contributed by atoms with Crippen molar-refractivity contribution in [3.8, 4) is 23.0 Å². The van der Waals surface area contributed by atoms with E-state index in [1.807, 2.05) is 13.0 Å². The van der Waals surface area contributed by atoms with E-state index in [0.717, 1.165) is 12.0 Å². The Bertz CT molecular complexity index is 1030. The lowest BCUT2D eigenvalue weighted by Gasteiger charge is -2.23. The number of benzene rings is 1. The molecule has 0 spiro atoms. The summed E-state index contributed by atoms with van der Waals surface area (Å²) in [5.74, 6) is 1.96. The molecular formula is C20H19N5O3. The molecule has 1 aliphatic rings. The summed E-state index contributed by atoms with van der Waals surface area (Å²) in [4.78, 5) is 31.9. The Morgan fingerprint density at radius 3 is 2.39 bits per heavy atom. The van der Waals surface area contributed by atoms with Crippen LogP contribution in [0.3, 0.4) is 0 Å². The van der Waals surface area contributed by atoms with Gasteiger partial charge in [0.15, 0.2) is 17.3 Å². The quantitative estimate of drug-likeness (QED) is 0.675. The highest BCUT2D eigenvalue weighted by Gasteiger charge is 2.39. The molecule has 0 aliphatic carbocycles. The first-order valence-corrected chi connectivity index (χ1v) is 8.86. The van der Waals surface area contributed by atoms with Crippen molar-refractivity contribution in [1.82, 2.24) is 19.9 Å². The number of hydrogen-bond acceptors (Lipinski definition) is 7. The number of aromatic nitrogens is 4. The number of fused-ring (bicyclic) bond motifs is 1. The van der Waals surface area contributed by atoms with E-state index in [0.29, 0.717) is 34.4 Å². The second kappa shape index (κ2) is 7.22. The van der Waals surface area contributed by atoms with Crippen LogP contribution >= 0.6 is 0 Å². The van der Waals surface area contributed by atoms with Crippen molar-refractivity contribution >= 4 is 11.7 Å². The van der Waals surface area contributed by atoms with Gasteiger partial charge >= 0.3 is 0 Å². The van der Waals surface area contributed by atoms with Crippen LogP contribution in [0.25, 0.3) is 11.5 Å². The van der Waals surface area contributed by atoms with Crippen LogP contribution < -0.4 is 14.4 Å². The van der Waals surface area contributed by atoms with Gasteiger partial charge in [0.25, 0.3) is 5.91 Å². The minimum absolute atomic E-state index is 0.138. The summed E-state index contributed by atoms with van der Waals surface area (Å²) in [6.45, 7) is 2.03. The van der Waals surface area contributed by atoms with Crippen LogP contribution in [-0.2, 0) is 0 Å². The highest BCUT2D eigenvalue weighted by molar-refractivity contribution is 6.11. The van der Waals surface area contributed by atoms with Gasteiger partial charge in [0.05, 0.1) is 20.3 Å². The molecule has 0 unspecified atom stereocenters. The number of nitrogens with zero attached hydrogens (tertiary/aromatic N) is 5. The molecule has 8 nitrogen and oxygen atoms in total. The summed E-state index contributed by atoms with van der Waals surface area (Å²) in [6.07, 6.45) is 5.43. The zero-order chi connectivity index (χ0) is 19.7. The maximum absolute atomic E-state index is 13.2. The first kappa shape index (κ1) is 17.8. The van der Waals surface area contributed by atoms with Crippen molar-refractivity contribution in [3.05, 3.63) is 54.1 Å². The van der Waals surface area contributed by atoms with E-state index in [1.165, 1.54) is 6.33 Å². The molecule has 2 aromatic heterocycles. The summed E-state index contributed by atoms with van der Waals surface area (Å²) >= 11 is 0. The van der Waals surface area contributed by atoms with Crippen molar-refractivity contribution in [2.45, 2.75) is 19.4 Å². The van der Waals surface area contributed by atoms with Gasteiger partial charge in [0.2, 0.25) is 0 Å². The van der Waals surface area contributed by atoms with Gasteiger partial charge in [-0.15, -0.1) is 0 Å². The number of carbonyl (C=O) groups is 1. The van der Waals surface area contributed by atoms with Gasteiger partial charge in [-0.2, -0.15) is 0 Å². The fraction of sp³-hybridized carbons (Fsp3) is 0.250. The molecule has 3 heterocycles. The second-order valence-electron chi connectivity index (χ2n) is 6.23.